The normalized spacial score (nSPS) is 19.5. The first-order valence-corrected chi connectivity index (χ1v) is 11.5. The quantitative estimate of drug-likeness (QED) is 0.390. The number of carboxylic acid groups (broad SMARTS) is 1. The molecule has 0 spiro atoms. The van der Waals surface area contributed by atoms with Gasteiger partial charge in [0.05, 0.1) is 31.0 Å². The van der Waals surface area contributed by atoms with Crippen molar-refractivity contribution in [1.29, 1.82) is 0 Å². The van der Waals surface area contributed by atoms with Crippen molar-refractivity contribution in [1.82, 2.24) is 4.90 Å². The zero-order valence-corrected chi connectivity index (χ0v) is 19.4. The van der Waals surface area contributed by atoms with Crippen LogP contribution in [-0.2, 0) is 9.53 Å². The standard InChI is InChI=1S/C24H32N2O8/c1-3-12-34-24(31)26-18-15-20(33-13-8-4-5-10-21(27)28)19(32-2)14-16(18)22(29)25-11-7-6-9-17(25)23(26)30/h3,14-15,17,23,30H,1,4-13H2,2H3,(H,27,28)/t17-,23-/m0/s1. The number of aliphatic carboxylic acids is 1. The maximum absolute atomic E-state index is 13.4. The number of amides is 2. The van der Waals surface area contributed by atoms with Crippen LogP contribution in [0.25, 0.3) is 0 Å². The van der Waals surface area contributed by atoms with Crippen LogP contribution in [0.1, 0.15) is 55.3 Å². The fourth-order valence-electron chi connectivity index (χ4n) is 4.32. The molecular weight excluding hydrogens is 444 g/mol. The van der Waals surface area contributed by atoms with E-state index in [1.807, 2.05) is 0 Å². The monoisotopic (exact) mass is 476 g/mol. The van der Waals surface area contributed by atoms with Crippen LogP contribution in [0.2, 0.25) is 0 Å². The lowest BCUT2D eigenvalue weighted by molar-refractivity contribution is -0.137. The summed E-state index contributed by atoms with van der Waals surface area (Å²) in [4.78, 5) is 39.8. The number of unbranched alkanes of at least 4 members (excludes halogenated alkanes) is 2. The predicted octanol–water partition coefficient (Wildman–Crippen LogP) is 3.17. The van der Waals surface area contributed by atoms with Gasteiger partial charge in [0, 0.05) is 19.0 Å². The molecule has 1 aromatic rings. The summed E-state index contributed by atoms with van der Waals surface area (Å²) >= 11 is 0. The summed E-state index contributed by atoms with van der Waals surface area (Å²) in [5, 5.41) is 19.9. The largest absolute Gasteiger partial charge is 0.493 e. The Bertz CT molecular complexity index is 918. The van der Waals surface area contributed by atoms with Crippen LogP contribution >= 0.6 is 0 Å². The third-order valence-electron chi connectivity index (χ3n) is 6.00. The zero-order chi connectivity index (χ0) is 24.7. The van der Waals surface area contributed by atoms with Crippen molar-refractivity contribution < 1.29 is 38.8 Å². The van der Waals surface area contributed by atoms with Crippen LogP contribution in [0.4, 0.5) is 10.5 Å². The van der Waals surface area contributed by atoms with Crippen molar-refractivity contribution in [3.8, 4) is 11.5 Å². The fraction of sp³-hybridized carbons (Fsp3) is 0.542. The minimum Gasteiger partial charge on any atom is -0.493 e. The first kappa shape index (κ1) is 25.4. The Morgan fingerprint density at radius 2 is 2.00 bits per heavy atom. The molecule has 0 saturated carbocycles. The molecule has 10 nitrogen and oxygen atoms in total. The van der Waals surface area contributed by atoms with Crippen molar-refractivity contribution in [2.24, 2.45) is 0 Å². The average molecular weight is 477 g/mol. The van der Waals surface area contributed by atoms with Crippen molar-refractivity contribution in [2.45, 2.75) is 57.2 Å². The molecule has 0 unspecified atom stereocenters. The number of benzene rings is 1. The van der Waals surface area contributed by atoms with E-state index in [1.165, 1.54) is 25.3 Å². The molecule has 3 rings (SSSR count). The van der Waals surface area contributed by atoms with E-state index in [2.05, 4.69) is 6.58 Å². The molecule has 2 aliphatic heterocycles. The summed E-state index contributed by atoms with van der Waals surface area (Å²) in [7, 11) is 1.46. The van der Waals surface area contributed by atoms with Crippen molar-refractivity contribution in [3.05, 3.63) is 30.4 Å². The van der Waals surface area contributed by atoms with Crippen LogP contribution in [-0.4, -0.2) is 72.2 Å². The molecule has 2 amide bonds. The summed E-state index contributed by atoms with van der Waals surface area (Å²) < 4.78 is 16.5. The Kier molecular flexibility index (Phi) is 8.75. The molecule has 186 valence electrons. The smallest absolute Gasteiger partial charge is 0.416 e. The summed E-state index contributed by atoms with van der Waals surface area (Å²) in [5.74, 6) is -0.504. The maximum atomic E-state index is 13.4. The Labute approximate surface area is 198 Å². The van der Waals surface area contributed by atoms with Gasteiger partial charge in [-0.25, -0.2) is 9.69 Å². The van der Waals surface area contributed by atoms with E-state index in [1.54, 1.807) is 4.90 Å². The van der Waals surface area contributed by atoms with Crippen molar-refractivity contribution >= 4 is 23.7 Å². The van der Waals surface area contributed by atoms with E-state index in [4.69, 9.17) is 19.3 Å². The zero-order valence-electron chi connectivity index (χ0n) is 19.4. The highest BCUT2D eigenvalue weighted by atomic mass is 16.6. The van der Waals surface area contributed by atoms with Gasteiger partial charge in [-0.2, -0.15) is 0 Å². The first-order valence-electron chi connectivity index (χ1n) is 11.5. The lowest BCUT2D eigenvalue weighted by Gasteiger charge is -2.38. The summed E-state index contributed by atoms with van der Waals surface area (Å²) in [6.45, 7) is 4.27. The van der Waals surface area contributed by atoms with E-state index in [9.17, 15) is 19.5 Å². The molecule has 0 aromatic heterocycles. The number of hydrogen-bond donors (Lipinski definition) is 2. The number of anilines is 1. The van der Waals surface area contributed by atoms with Crippen LogP contribution in [0.5, 0.6) is 11.5 Å². The van der Waals surface area contributed by atoms with E-state index in [0.717, 1.165) is 17.7 Å². The average Bonchev–Trinajstić information content (AvgIpc) is 2.92. The Morgan fingerprint density at radius 1 is 1.21 bits per heavy atom. The molecule has 10 heteroatoms. The van der Waals surface area contributed by atoms with Crippen LogP contribution in [0.15, 0.2) is 24.8 Å². The fourth-order valence-corrected chi connectivity index (χ4v) is 4.32. The topological polar surface area (TPSA) is 126 Å². The van der Waals surface area contributed by atoms with E-state index in [-0.39, 0.29) is 30.2 Å². The molecule has 0 radical (unpaired) electrons. The number of carboxylic acids is 1. The third kappa shape index (κ3) is 5.61. The number of methoxy groups -OCH3 is 1. The van der Waals surface area contributed by atoms with Gasteiger partial charge in [0.1, 0.15) is 6.61 Å². The van der Waals surface area contributed by atoms with Crippen LogP contribution in [0.3, 0.4) is 0 Å². The van der Waals surface area contributed by atoms with Gasteiger partial charge in [0.25, 0.3) is 5.91 Å². The Balaban J connectivity index is 1.93. The Morgan fingerprint density at radius 3 is 2.71 bits per heavy atom. The molecule has 0 bridgehead atoms. The molecule has 2 heterocycles. The summed E-state index contributed by atoms with van der Waals surface area (Å²) in [6.07, 6.45) is 3.48. The van der Waals surface area contributed by atoms with Gasteiger partial charge in [-0.15, -0.1) is 0 Å². The molecule has 34 heavy (non-hydrogen) atoms. The van der Waals surface area contributed by atoms with Crippen molar-refractivity contribution in [2.75, 3.05) is 31.8 Å². The predicted molar refractivity (Wildman–Crippen MR) is 123 cm³/mol. The van der Waals surface area contributed by atoms with Gasteiger partial charge in [-0.3, -0.25) is 9.59 Å². The number of ether oxygens (including phenoxy) is 3. The molecule has 2 aliphatic rings. The second kappa shape index (κ2) is 11.7. The van der Waals surface area contributed by atoms with Gasteiger partial charge < -0.3 is 29.3 Å². The van der Waals surface area contributed by atoms with Gasteiger partial charge >= 0.3 is 12.1 Å². The number of rotatable bonds is 10. The van der Waals surface area contributed by atoms with Gasteiger partial charge in [-0.1, -0.05) is 12.7 Å². The lowest BCUT2D eigenvalue weighted by Crippen LogP contribution is -2.55. The number of carbonyl (C=O) groups excluding carboxylic acids is 2. The van der Waals surface area contributed by atoms with E-state index < -0.39 is 24.3 Å². The maximum Gasteiger partial charge on any atom is 0.416 e. The SMILES string of the molecule is C=CCOC(=O)N1c2cc(OCCCCCC(=O)O)c(OC)cc2C(=O)N2CCCC[C@H]2[C@@H]1O. The lowest BCUT2D eigenvalue weighted by atomic mass is 10.0. The highest BCUT2D eigenvalue weighted by Crippen LogP contribution is 2.41. The number of fused-ring (bicyclic) bond motifs is 2. The molecule has 2 atom stereocenters. The second-order valence-corrected chi connectivity index (χ2v) is 8.28. The van der Waals surface area contributed by atoms with Gasteiger partial charge in [0.2, 0.25) is 0 Å². The molecule has 2 N–H and O–H groups in total. The molecular formula is C24H32N2O8. The molecule has 1 saturated heterocycles. The number of piperidine rings is 1. The van der Waals surface area contributed by atoms with E-state index >= 15 is 0 Å². The number of aliphatic hydroxyl groups excluding tert-OH is 1. The third-order valence-corrected chi connectivity index (χ3v) is 6.00. The second-order valence-electron chi connectivity index (χ2n) is 8.28. The van der Waals surface area contributed by atoms with Crippen LogP contribution in [0, 0.1) is 0 Å². The van der Waals surface area contributed by atoms with Gasteiger partial charge in [-0.05, 0) is 44.6 Å². The van der Waals surface area contributed by atoms with E-state index in [0.29, 0.717) is 50.3 Å². The van der Waals surface area contributed by atoms with Gasteiger partial charge in [0.15, 0.2) is 17.7 Å². The molecule has 0 aliphatic carbocycles. The first-order chi connectivity index (χ1) is 16.4. The number of aliphatic hydroxyl groups is 1. The number of nitrogens with zero attached hydrogens (tertiary/aromatic N) is 2. The molecule has 1 fully saturated rings. The number of carbonyl (C=O) groups is 3. The highest BCUT2D eigenvalue weighted by Gasteiger charge is 2.44. The summed E-state index contributed by atoms with van der Waals surface area (Å²) in [5.41, 5.74) is 0.396. The molecule has 1 aromatic carbocycles. The minimum absolute atomic E-state index is 0.0461. The minimum atomic E-state index is -1.29. The Hall–Kier alpha value is -3.27. The summed E-state index contributed by atoms with van der Waals surface area (Å²) in [6, 6.07) is 2.48. The highest BCUT2D eigenvalue weighted by molar-refractivity contribution is 6.05. The number of hydrogen-bond acceptors (Lipinski definition) is 7. The van der Waals surface area contributed by atoms with Crippen LogP contribution < -0.4 is 14.4 Å². The van der Waals surface area contributed by atoms with Crippen molar-refractivity contribution in [3.63, 3.8) is 0 Å².